The lowest BCUT2D eigenvalue weighted by molar-refractivity contribution is 0.377. The highest BCUT2D eigenvalue weighted by Crippen LogP contribution is 2.13. The Morgan fingerprint density at radius 1 is 1.44 bits per heavy atom. The van der Waals surface area contributed by atoms with Crippen molar-refractivity contribution in [2.24, 2.45) is 0 Å². The number of aromatic nitrogens is 3. The first-order valence-electron chi connectivity index (χ1n) is 4.87. The predicted molar refractivity (Wildman–Crippen MR) is 63.2 cm³/mol. The second kappa shape index (κ2) is 5.07. The molecule has 5 nitrogen and oxygen atoms in total. The molecule has 0 aliphatic heterocycles. The number of hydrogen-bond donors (Lipinski definition) is 1. The maximum Gasteiger partial charge on any atom is 0.228 e. The number of anilines is 1. The molecule has 0 saturated heterocycles. The van der Waals surface area contributed by atoms with Gasteiger partial charge >= 0.3 is 0 Å². The van der Waals surface area contributed by atoms with Crippen LogP contribution in [0.4, 0.5) is 5.69 Å². The maximum absolute atomic E-state index is 5.00. The molecule has 0 spiro atoms. The van der Waals surface area contributed by atoms with Gasteiger partial charge in [0.05, 0.1) is 11.9 Å². The van der Waals surface area contributed by atoms with E-state index < -0.39 is 0 Å². The zero-order chi connectivity index (χ0) is 11.4. The molecule has 2 rings (SSSR count). The van der Waals surface area contributed by atoms with Crippen molar-refractivity contribution in [2.75, 3.05) is 11.9 Å². The van der Waals surface area contributed by atoms with Crippen molar-refractivity contribution in [2.45, 2.75) is 13.3 Å². The van der Waals surface area contributed by atoms with Gasteiger partial charge in [-0.2, -0.15) is 4.98 Å². The van der Waals surface area contributed by atoms with E-state index in [4.69, 9.17) is 4.52 Å². The summed E-state index contributed by atoms with van der Waals surface area (Å²) < 4.78 is 5.95. The van der Waals surface area contributed by atoms with Gasteiger partial charge in [0.25, 0.3) is 0 Å². The quantitative estimate of drug-likeness (QED) is 0.931. The Labute approximate surface area is 101 Å². The van der Waals surface area contributed by atoms with Gasteiger partial charge in [-0.15, -0.1) is 0 Å². The summed E-state index contributed by atoms with van der Waals surface area (Å²) in [6, 6.07) is 1.96. The molecule has 0 bridgehead atoms. The van der Waals surface area contributed by atoms with Crippen molar-refractivity contribution in [3.05, 3.63) is 34.6 Å². The fourth-order valence-corrected chi connectivity index (χ4v) is 1.63. The molecule has 84 valence electrons. The summed E-state index contributed by atoms with van der Waals surface area (Å²) in [5.41, 5.74) is 0.964. The lowest BCUT2D eigenvalue weighted by atomic mass is 10.4. The molecule has 0 aromatic carbocycles. The molecule has 16 heavy (non-hydrogen) atoms. The van der Waals surface area contributed by atoms with Crippen LogP contribution in [-0.4, -0.2) is 21.7 Å². The fraction of sp³-hybridized carbons (Fsp3) is 0.300. The van der Waals surface area contributed by atoms with Gasteiger partial charge in [-0.3, -0.25) is 4.98 Å². The number of rotatable bonds is 4. The van der Waals surface area contributed by atoms with Gasteiger partial charge in [0.2, 0.25) is 5.89 Å². The molecule has 1 N–H and O–H groups in total. The summed E-state index contributed by atoms with van der Waals surface area (Å²) in [5, 5.41) is 6.95. The molecule has 0 aliphatic rings. The Balaban J connectivity index is 1.84. The molecule has 2 heterocycles. The number of hydrogen-bond acceptors (Lipinski definition) is 5. The smallest absolute Gasteiger partial charge is 0.228 e. The summed E-state index contributed by atoms with van der Waals surface area (Å²) >= 11 is 3.36. The molecule has 0 radical (unpaired) electrons. The summed E-state index contributed by atoms with van der Waals surface area (Å²) in [7, 11) is 0. The topological polar surface area (TPSA) is 63.8 Å². The highest BCUT2D eigenvalue weighted by Gasteiger charge is 2.01. The van der Waals surface area contributed by atoms with Crippen molar-refractivity contribution in [1.29, 1.82) is 0 Å². The minimum atomic E-state index is 0.646. The molecular weight excluding hydrogens is 272 g/mol. The van der Waals surface area contributed by atoms with Crippen LogP contribution in [0, 0.1) is 6.92 Å². The summed E-state index contributed by atoms with van der Waals surface area (Å²) in [5.74, 6) is 1.31. The Hall–Kier alpha value is -1.43. The minimum Gasteiger partial charge on any atom is -0.383 e. The third kappa shape index (κ3) is 3.03. The second-order valence-corrected chi connectivity index (χ2v) is 4.22. The Morgan fingerprint density at radius 2 is 2.31 bits per heavy atom. The molecule has 0 atom stereocenters. The monoisotopic (exact) mass is 282 g/mol. The van der Waals surface area contributed by atoms with E-state index >= 15 is 0 Å². The SMILES string of the molecule is Cc1noc(CCNc2cncc(Br)c2)n1. The minimum absolute atomic E-state index is 0.646. The van der Waals surface area contributed by atoms with Gasteiger partial charge < -0.3 is 9.84 Å². The van der Waals surface area contributed by atoms with Crippen LogP contribution >= 0.6 is 15.9 Å². The summed E-state index contributed by atoms with van der Waals surface area (Å²) in [4.78, 5) is 8.17. The van der Waals surface area contributed by atoms with E-state index in [1.165, 1.54) is 0 Å². The van der Waals surface area contributed by atoms with Crippen molar-refractivity contribution in [1.82, 2.24) is 15.1 Å². The van der Waals surface area contributed by atoms with Crippen LogP contribution in [0.2, 0.25) is 0 Å². The third-order valence-electron chi connectivity index (χ3n) is 1.94. The molecular formula is C10H11BrN4O. The van der Waals surface area contributed by atoms with Crippen molar-refractivity contribution in [3.63, 3.8) is 0 Å². The molecule has 0 aliphatic carbocycles. The lowest BCUT2D eigenvalue weighted by Crippen LogP contribution is -2.05. The van der Waals surface area contributed by atoms with Crippen LogP contribution in [0.25, 0.3) is 0 Å². The van der Waals surface area contributed by atoms with E-state index in [-0.39, 0.29) is 0 Å². The molecule has 2 aromatic rings. The number of nitrogens with one attached hydrogen (secondary N) is 1. The first kappa shape index (κ1) is 11.1. The first-order valence-corrected chi connectivity index (χ1v) is 5.67. The molecule has 0 saturated carbocycles. The van der Waals surface area contributed by atoms with Crippen LogP contribution in [0.5, 0.6) is 0 Å². The van der Waals surface area contributed by atoms with Crippen LogP contribution in [0.1, 0.15) is 11.7 Å². The van der Waals surface area contributed by atoms with Gasteiger partial charge in [-0.25, -0.2) is 0 Å². The third-order valence-corrected chi connectivity index (χ3v) is 2.38. The van der Waals surface area contributed by atoms with E-state index in [0.29, 0.717) is 18.1 Å². The van der Waals surface area contributed by atoms with Crippen LogP contribution < -0.4 is 5.32 Å². The molecule has 0 fully saturated rings. The van der Waals surface area contributed by atoms with Crippen LogP contribution in [0.3, 0.4) is 0 Å². The highest BCUT2D eigenvalue weighted by atomic mass is 79.9. The fourth-order valence-electron chi connectivity index (χ4n) is 1.26. The van der Waals surface area contributed by atoms with Gasteiger partial charge in [-0.05, 0) is 28.9 Å². The van der Waals surface area contributed by atoms with Crippen LogP contribution in [0.15, 0.2) is 27.5 Å². The standard InChI is InChI=1S/C10H11BrN4O/c1-7-14-10(16-15-7)2-3-13-9-4-8(11)5-12-6-9/h4-6,13H,2-3H2,1H3. The van der Waals surface area contributed by atoms with E-state index in [1.807, 2.05) is 6.07 Å². The molecule has 6 heteroatoms. The van der Waals surface area contributed by atoms with Crippen molar-refractivity contribution in [3.8, 4) is 0 Å². The van der Waals surface area contributed by atoms with E-state index in [1.54, 1.807) is 19.3 Å². The maximum atomic E-state index is 5.00. The van der Waals surface area contributed by atoms with Gasteiger partial charge in [0.15, 0.2) is 5.82 Å². The van der Waals surface area contributed by atoms with Crippen molar-refractivity contribution < 1.29 is 4.52 Å². The average Bonchev–Trinajstić information content (AvgIpc) is 2.64. The van der Waals surface area contributed by atoms with Crippen LogP contribution in [-0.2, 0) is 6.42 Å². The Kier molecular flexibility index (Phi) is 3.51. The Morgan fingerprint density at radius 3 is 3.00 bits per heavy atom. The summed E-state index contributed by atoms with van der Waals surface area (Å²) in [6.45, 7) is 2.54. The number of pyridine rings is 1. The second-order valence-electron chi connectivity index (χ2n) is 3.30. The number of halogens is 1. The zero-order valence-corrected chi connectivity index (χ0v) is 10.4. The molecule has 0 unspecified atom stereocenters. The number of nitrogens with zero attached hydrogens (tertiary/aromatic N) is 3. The van der Waals surface area contributed by atoms with E-state index in [0.717, 1.165) is 16.7 Å². The normalized spacial score (nSPS) is 10.4. The van der Waals surface area contributed by atoms with Gasteiger partial charge in [0.1, 0.15) is 0 Å². The zero-order valence-electron chi connectivity index (χ0n) is 8.77. The van der Waals surface area contributed by atoms with E-state index in [2.05, 4.69) is 36.4 Å². The van der Waals surface area contributed by atoms with Gasteiger partial charge in [-0.1, -0.05) is 5.16 Å². The average molecular weight is 283 g/mol. The highest BCUT2D eigenvalue weighted by molar-refractivity contribution is 9.10. The molecule has 2 aromatic heterocycles. The van der Waals surface area contributed by atoms with Gasteiger partial charge in [0, 0.05) is 23.6 Å². The van der Waals surface area contributed by atoms with E-state index in [9.17, 15) is 0 Å². The Bertz CT molecular complexity index is 471. The first-order chi connectivity index (χ1) is 7.74. The number of aryl methyl sites for hydroxylation is 1. The lowest BCUT2D eigenvalue weighted by Gasteiger charge is -2.03. The predicted octanol–water partition coefficient (Wildman–Crippen LogP) is 2.19. The largest absolute Gasteiger partial charge is 0.383 e. The molecule has 0 amide bonds. The van der Waals surface area contributed by atoms with Crippen molar-refractivity contribution >= 4 is 21.6 Å². The summed E-state index contributed by atoms with van der Waals surface area (Å²) in [6.07, 6.45) is 4.21.